The number of carbonyl (C=O) groups is 1. The van der Waals surface area contributed by atoms with E-state index < -0.39 is 6.04 Å². The van der Waals surface area contributed by atoms with Crippen molar-refractivity contribution >= 4 is 17.7 Å². The van der Waals surface area contributed by atoms with Crippen molar-refractivity contribution in [2.75, 3.05) is 18.6 Å². The molecule has 2 atom stereocenters. The summed E-state index contributed by atoms with van der Waals surface area (Å²) in [5.41, 5.74) is 5.63. The van der Waals surface area contributed by atoms with Gasteiger partial charge in [-0.1, -0.05) is 25.7 Å². The van der Waals surface area contributed by atoms with E-state index in [0.717, 1.165) is 23.8 Å². The number of rotatable bonds is 8. The molecule has 1 saturated carbocycles. The van der Waals surface area contributed by atoms with Crippen molar-refractivity contribution in [2.24, 2.45) is 11.7 Å². The third-order valence-electron chi connectivity index (χ3n) is 3.47. The number of hydrogen-bond donors (Lipinski definition) is 2. The van der Waals surface area contributed by atoms with E-state index in [2.05, 4.69) is 4.74 Å². The highest BCUT2D eigenvalue weighted by molar-refractivity contribution is 7.99. The molecule has 0 radical (unpaired) electrons. The molecule has 1 aliphatic rings. The molecule has 3 N–H and O–H groups in total. The lowest BCUT2D eigenvalue weighted by molar-refractivity contribution is -0.142. The van der Waals surface area contributed by atoms with Crippen molar-refractivity contribution < 1.29 is 14.6 Å². The van der Waals surface area contributed by atoms with Gasteiger partial charge < -0.3 is 15.6 Å². The molecule has 0 aromatic heterocycles. The molecule has 0 amide bonds. The monoisotopic (exact) mass is 275 g/mol. The fourth-order valence-corrected chi connectivity index (χ4v) is 3.39. The molecular weight excluding hydrogens is 250 g/mol. The summed E-state index contributed by atoms with van der Waals surface area (Å²) in [7, 11) is 1.35. The number of hydrogen-bond acceptors (Lipinski definition) is 5. The van der Waals surface area contributed by atoms with E-state index in [1.165, 1.54) is 32.8 Å². The highest BCUT2D eigenvalue weighted by atomic mass is 32.2. The van der Waals surface area contributed by atoms with E-state index in [-0.39, 0.29) is 12.1 Å². The molecule has 0 aromatic carbocycles. The zero-order valence-electron chi connectivity index (χ0n) is 11.1. The first-order valence-electron chi connectivity index (χ1n) is 6.72. The average Bonchev–Trinajstić information content (AvgIpc) is 2.86. The summed E-state index contributed by atoms with van der Waals surface area (Å²) < 4.78 is 4.56. The fourth-order valence-electron chi connectivity index (χ4n) is 2.40. The van der Waals surface area contributed by atoms with Crippen LogP contribution < -0.4 is 5.73 Å². The van der Waals surface area contributed by atoms with Crippen molar-refractivity contribution in [3.8, 4) is 0 Å². The molecule has 4 nitrogen and oxygen atoms in total. The molecule has 0 aliphatic heterocycles. The van der Waals surface area contributed by atoms with Gasteiger partial charge in [0, 0.05) is 5.75 Å². The maximum atomic E-state index is 11.1. The minimum absolute atomic E-state index is 0.215. The van der Waals surface area contributed by atoms with Crippen LogP contribution in [0.3, 0.4) is 0 Å². The Morgan fingerprint density at radius 1 is 1.50 bits per heavy atom. The van der Waals surface area contributed by atoms with Crippen molar-refractivity contribution in [1.82, 2.24) is 0 Å². The Balaban J connectivity index is 2.01. The maximum absolute atomic E-state index is 11.1. The smallest absolute Gasteiger partial charge is 0.322 e. The molecule has 0 spiro atoms. The second-order valence-corrected chi connectivity index (χ2v) is 6.18. The number of thioether (sulfide) groups is 1. The minimum Gasteiger partial charge on any atom is -0.468 e. The van der Waals surface area contributed by atoms with Gasteiger partial charge >= 0.3 is 5.97 Å². The van der Waals surface area contributed by atoms with Crippen LogP contribution >= 0.6 is 11.8 Å². The van der Waals surface area contributed by atoms with Gasteiger partial charge in [-0.15, -0.1) is 0 Å². The summed E-state index contributed by atoms with van der Waals surface area (Å²) in [4.78, 5) is 11.1. The van der Waals surface area contributed by atoms with Crippen molar-refractivity contribution in [2.45, 2.75) is 50.7 Å². The van der Waals surface area contributed by atoms with Crippen LogP contribution in [0.15, 0.2) is 0 Å². The first-order chi connectivity index (χ1) is 8.63. The highest BCUT2D eigenvalue weighted by Gasteiger charge is 2.19. The number of aliphatic hydroxyl groups excluding tert-OH is 1. The lowest BCUT2D eigenvalue weighted by Crippen LogP contribution is -2.32. The summed E-state index contributed by atoms with van der Waals surface area (Å²) in [6.45, 7) is 0. The Bertz CT molecular complexity index is 244. The molecule has 18 heavy (non-hydrogen) atoms. The predicted molar refractivity (Wildman–Crippen MR) is 74.5 cm³/mol. The number of esters is 1. The lowest BCUT2D eigenvalue weighted by Gasteiger charge is -2.15. The van der Waals surface area contributed by atoms with E-state index in [4.69, 9.17) is 5.73 Å². The van der Waals surface area contributed by atoms with E-state index in [1.807, 2.05) is 0 Å². The Labute approximate surface area is 114 Å². The first kappa shape index (κ1) is 15.8. The SMILES string of the molecule is COC(=O)C(N)CCSCC(O)CC1CCCC1. The van der Waals surface area contributed by atoms with Crippen LogP contribution in [0.4, 0.5) is 0 Å². The molecule has 0 bridgehead atoms. The standard InChI is InChI=1S/C13H25NO3S/c1-17-13(16)12(14)6-7-18-9-11(15)8-10-4-2-3-5-10/h10-12,15H,2-9,14H2,1H3. The van der Waals surface area contributed by atoms with Gasteiger partial charge in [-0.05, 0) is 24.5 Å². The zero-order valence-corrected chi connectivity index (χ0v) is 12.0. The molecular formula is C13H25NO3S. The second-order valence-electron chi connectivity index (χ2n) is 5.03. The average molecular weight is 275 g/mol. The van der Waals surface area contributed by atoms with Crippen LogP contribution in [0.1, 0.15) is 38.5 Å². The molecule has 106 valence electrons. The van der Waals surface area contributed by atoms with Gasteiger partial charge in [0.25, 0.3) is 0 Å². The number of ether oxygens (including phenoxy) is 1. The number of methoxy groups -OCH3 is 1. The molecule has 0 saturated heterocycles. The summed E-state index contributed by atoms with van der Waals surface area (Å²) in [6.07, 6.45) is 6.50. The summed E-state index contributed by atoms with van der Waals surface area (Å²) in [6, 6.07) is -0.533. The fraction of sp³-hybridized carbons (Fsp3) is 0.923. The van der Waals surface area contributed by atoms with Gasteiger partial charge in [-0.25, -0.2) is 0 Å². The van der Waals surface area contributed by atoms with Crippen LogP contribution in [0, 0.1) is 5.92 Å². The summed E-state index contributed by atoms with van der Waals surface area (Å²) >= 11 is 1.66. The van der Waals surface area contributed by atoms with Gasteiger partial charge in [-0.2, -0.15) is 11.8 Å². The largest absolute Gasteiger partial charge is 0.468 e. The predicted octanol–water partition coefficient (Wildman–Crippen LogP) is 1.55. The molecule has 1 aliphatic carbocycles. The van der Waals surface area contributed by atoms with Gasteiger partial charge in [0.2, 0.25) is 0 Å². The van der Waals surface area contributed by atoms with E-state index in [1.54, 1.807) is 11.8 Å². The normalized spacial score (nSPS) is 19.7. The zero-order chi connectivity index (χ0) is 13.4. The number of nitrogens with two attached hydrogens (primary N) is 1. The third-order valence-corrected chi connectivity index (χ3v) is 4.61. The van der Waals surface area contributed by atoms with Crippen molar-refractivity contribution in [3.05, 3.63) is 0 Å². The quantitative estimate of drug-likeness (QED) is 0.519. The molecule has 2 unspecified atom stereocenters. The summed E-state index contributed by atoms with van der Waals surface area (Å²) in [5, 5.41) is 9.89. The Hall–Kier alpha value is -0.260. The number of carbonyl (C=O) groups excluding carboxylic acids is 1. The first-order valence-corrected chi connectivity index (χ1v) is 7.88. The van der Waals surface area contributed by atoms with E-state index in [9.17, 15) is 9.90 Å². The number of aliphatic hydroxyl groups is 1. The van der Waals surface area contributed by atoms with Crippen LogP contribution in [0.5, 0.6) is 0 Å². The minimum atomic E-state index is -0.533. The van der Waals surface area contributed by atoms with Crippen molar-refractivity contribution in [1.29, 1.82) is 0 Å². The lowest BCUT2D eigenvalue weighted by atomic mass is 10.0. The summed E-state index contributed by atoms with van der Waals surface area (Å²) in [5.74, 6) is 1.89. The van der Waals surface area contributed by atoms with Crippen molar-refractivity contribution in [3.63, 3.8) is 0 Å². The highest BCUT2D eigenvalue weighted by Crippen LogP contribution is 2.29. The van der Waals surface area contributed by atoms with Crippen LogP contribution in [0.2, 0.25) is 0 Å². The Morgan fingerprint density at radius 2 is 2.17 bits per heavy atom. The molecule has 5 heteroatoms. The van der Waals surface area contributed by atoms with Gasteiger partial charge in [-0.3, -0.25) is 4.79 Å². The molecule has 0 heterocycles. The molecule has 1 fully saturated rings. The maximum Gasteiger partial charge on any atom is 0.322 e. The third kappa shape index (κ3) is 6.07. The molecule has 1 rings (SSSR count). The Morgan fingerprint density at radius 3 is 2.78 bits per heavy atom. The van der Waals surface area contributed by atoms with E-state index in [0.29, 0.717) is 6.42 Å². The second kappa shape index (κ2) is 8.77. The van der Waals surface area contributed by atoms with E-state index >= 15 is 0 Å². The van der Waals surface area contributed by atoms with Crippen LogP contribution in [0.25, 0.3) is 0 Å². The Kier molecular flexibility index (Phi) is 7.70. The van der Waals surface area contributed by atoms with Gasteiger partial charge in [0.1, 0.15) is 6.04 Å². The topological polar surface area (TPSA) is 72.5 Å². The van der Waals surface area contributed by atoms with Crippen LogP contribution in [-0.2, 0) is 9.53 Å². The van der Waals surface area contributed by atoms with Gasteiger partial charge in [0.05, 0.1) is 13.2 Å². The van der Waals surface area contributed by atoms with Crippen LogP contribution in [-0.4, -0.2) is 41.8 Å². The molecule has 0 aromatic rings. The van der Waals surface area contributed by atoms with Gasteiger partial charge in [0.15, 0.2) is 0 Å².